The minimum absolute atomic E-state index is 0.0343. The fraction of sp³-hybridized carbons (Fsp3) is 0.438. The lowest BCUT2D eigenvalue weighted by Crippen LogP contribution is -2.50. The van der Waals surface area contributed by atoms with Gasteiger partial charge in [-0.15, -0.1) is 0 Å². The number of carbonyl (C=O) groups excluding carboxylic acids is 3. The molecule has 5 heteroatoms. The Labute approximate surface area is 124 Å². The van der Waals surface area contributed by atoms with E-state index in [9.17, 15) is 14.4 Å². The summed E-state index contributed by atoms with van der Waals surface area (Å²) in [6.45, 7) is 5.05. The van der Waals surface area contributed by atoms with Crippen molar-refractivity contribution < 1.29 is 14.4 Å². The molecule has 0 atom stereocenters. The van der Waals surface area contributed by atoms with Crippen molar-refractivity contribution in [1.29, 1.82) is 0 Å². The first-order valence-electron chi connectivity index (χ1n) is 7.12. The number of aryl methyl sites for hydroxylation is 2. The van der Waals surface area contributed by atoms with Gasteiger partial charge >= 0.3 is 0 Å². The van der Waals surface area contributed by atoms with E-state index in [0.717, 1.165) is 11.1 Å². The first-order valence-corrected chi connectivity index (χ1v) is 7.12. The third-order valence-electron chi connectivity index (χ3n) is 3.79. The quantitative estimate of drug-likeness (QED) is 0.847. The Bertz CT molecular complexity index is 581. The highest BCUT2D eigenvalue weighted by molar-refractivity contribution is 5.98. The normalized spacial score (nSPS) is 14.8. The van der Waals surface area contributed by atoms with Gasteiger partial charge in [0.25, 0.3) is 0 Å². The number of nitrogens with zero attached hydrogens (tertiary/aromatic N) is 1. The number of amides is 2. The van der Waals surface area contributed by atoms with Gasteiger partial charge in [-0.2, -0.15) is 0 Å². The molecule has 0 aliphatic carbocycles. The third kappa shape index (κ3) is 3.90. The maximum atomic E-state index is 12.1. The smallest absolute Gasteiger partial charge is 0.239 e. The summed E-state index contributed by atoms with van der Waals surface area (Å²) in [4.78, 5) is 36.8. The van der Waals surface area contributed by atoms with Gasteiger partial charge in [-0.3, -0.25) is 14.4 Å². The van der Waals surface area contributed by atoms with Gasteiger partial charge in [0.15, 0.2) is 5.78 Å². The molecule has 1 fully saturated rings. The van der Waals surface area contributed by atoms with Gasteiger partial charge in [0.2, 0.25) is 11.8 Å². The molecule has 0 spiro atoms. The first-order chi connectivity index (χ1) is 9.97. The third-order valence-corrected chi connectivity index (χ3v) is 3.79. The zero-order valence-corrected chi connectivity index (χ0v) is 12.4. The molecule has 1 aromatic rings. The largest absolute Gasteiger partial charge is 0.353 e. The number of piperazine rings is 1. The van der Waals surface area contributed by atoms with Crippen LogP contribution in [0.1, 0.15) is 34.3 Å². The van der Waals surface area contributed by atoms with Crippen molar-refractivity contribution in [3.63, 3.8) is 0 Å². The number of Topliss-reactive ketones (excluding diaryl/α,β-unsaturated/α-hetero) is 1. The highest BCUT2D eigenvalue weighted by atomic mass is 16.2. The van der Waals surface area contributed by atoms with Crippen molar-refractivity contribution in [3.8, 4) is 0 Å². The highest BCUT2D eigenvalue weighted by Gasteiger charge is 2.21. The van der Waals surface area contributed by atoms with Crippen molar-refractivity contribution in [2.24, 2.45) is 0 Å². The van der Waals surface area contributed by atoms with E-state index >= 15 is 0 Å². The van der Waals surface area contributed by atoms with E-state index in [1.54, 1.807) is 6.07 Å². The van der Waals surface area contributed by atoms with Crippen LogP contribution in [0.2, 0.25) is 0 Å². The number of benzene rings is 1. The predicted molar refractivity (Wildman–Crippen MR) is 79.1 cm³/mol. The lowest BCUT2D eigenvalue weighted by molar-refractivity contribution is -0.138. The fourth-order valence-electron chi connectivity index (χ4n) is 2.29. The van der Waals surface area contributed by atoms with Crippen molar-refractivity contribution in [2.75, 3.05) is 19.6 Å². The van der Waals surface area contributed by atoms with Crippen LogP contribution < -0.4 is 5.32 Å². The summed E-state index contributed by atoms with van der Waals surface area (Å²) in [6, 6.07) is 5.57. The fourth-order valence-corrected chi connectivity index (χ4v) is 2.29. The average Bonchev–Trinajstić information content (AvgIpc) is 2.47. The van der Waals surface area contributed by atoms with Crippen LogP contribution in [0.25, 0.3) is 0 Å². The summed E-state index contributed by atoms with van der Waals surface area (Å²) >= 11 is 0. The SMILES string of the molecule is Cc1ccc(C(=O)CCC(=O)N2CCNC(=O)C2)cc1C. The molecule has 0 radical (unpaired) electrons. The molecule has 1 aromatic carbocycles. The molecule has 1 aliphatic rings. The van der Waals surface area contributed by atoms with Gasteiger partial charge in [-0.1, -0.05) is 12.1 Å². The molecule has 2 amide bonds. The number of hydrogen-bond acceptors (Lipinski definition) is 3. The van der Waals surface area contributed by atoms with Gasteiger partial charge < -0.3 is 10.2 Å². The zero-order valence-electron chi connectivity index (χ0n) is 12.4. The number of hydrogen-bond donors (Lipinski definition) is 1. The van der Waals surface area contributed by atoms with Crippen molar-refractivity contribution in [3.05, 3.63) is 34.9 Å². The summed E-state index contributed by atoms with van der Waals surface area (Å²) in [6.07, 6.45) is 0.332. The van der Waals surface area contributed by atoms with Crippen molar-refractivity contribution >= 4 is 17.6 Å². The van der Waals surface area contributed by atoms with E-state index in [4.69, 9.17) is 0 Å². The lowest BCUT2D eigenvalue weighted by atomic mass is 10.0. The Kier molecular flexibility index (Phi) is 4.73. The molecule has 1 aliphatic heterocycles. The number of rotatable bonds is 4. The topological polar surface area (TPSA) is 66.5 Å². The highest BCUT2D eigenvalue weighted by Crippen LogP contribution is 2.13. The Hall–Kier alpha value is -2.17. The number of nitrogens with one attached hydrogen (secondary N) is 1. The zero-order chi connectivity index (χ0) is 15.4. The Morgan fingerprint density at radius 2 is 1.95 bits per heavy atom. The summed E-state index contributed by atoms with van der Waals surface area (Å²) in [5.41, 5.74) is 2.85. The van der Waals surface area contributed by atoms with Gasteiger partial charge in [0.05, 0.1) is 6.54 Å². The van der Waals surface area contributed by atoms with Crippen molar-refractivity contribution in [2.45, 2.75) is 26.7 Å². The molecule has 0 unspecified atom stereocenters. The van der Waals surface area contributed by atoms with Crippen molar-refractivity contribution in [1.82, 2.24) is 10.2 Å². The van der Waals surface area contributed by atoms with Crippen LogP contribution in [0, 0.1) is 13.8 Å². The number of carbonyl (C=O) groups is 3. The summed E-state index contributed by atoms with van der Waals surface area (Å²) < 4.78 is 0. The molecular formula is C16H20N2O3. The Morgan fingerprint density at radius 1 is 1.19 bits per heavy atom. The predicted octanol–water partition coefficient (Wildman–Crippen LogP) is 1.22. The molecule has 21 heavy (non-hydrogen) atoms. The van der Waals surface area contributed by atoms with E-state index in [0.29, 0.717) is 18.7 Å². The van der Waals surface area contributed by atoms with Crippen LogP contribution in [0.15, 0.2) is 18.2 Å². The van der Waals surface area contributed by atoms with E-state index in [2.05, 4.69) is 5.32 Å². The van der Waals surface area contributed by atoms with Crippen LogP contribution >= 0.6 is 0 Å². The van der Waals surface area contributed by atoms with E-state index in [1.165, 1.54) is 4.90 Å². The maximum Gasteiger partial charge on any atom is 0.239 e. The van der Waals surface area contributed by atoms with Crippen LogP contribution in [0.3, 0.4) is 0 Å². The Balaban J connectivity index is 1.89. The second-order valence-electron chi connectivity index (χ2n) is 5.39. The van der Waals surface area contributed by atoms with Crippen LogP contribution in [0.5, 0.6) is 0 Å². The number of ketones is 1. The second kappa shape index (κ2) is 6.52. The molecule has 2 rings (SSSR count). The van der Waals surface area contributed by atoms with Gasteiger partial charge in [0, 0.05) is 31.5 Å². The molecule has 1 saturated heterocycles. The Morgan fingerprint density at radius 3 is 2.62 bits per heavy atom. The van der Waals surface area contributed by atoms with E-state index < -0.39 is 0 Å². The maximum absolute atomic E-state index is 12.1. The molecule has 1 heterocycles. The molecule has 1 N–H and O–H groups in total. The average molecular weight is 288 g/mol. The standard InChI is InChI=1S/C16H20N2O3/c1-11-3-4-13(9-12(11)2)14(19)5-6-16(21)18-8-7-17-15(20)10-18/h3-4,9H,5-8,10H2,1-2H3,(H,17,20). The van der Waals surface area contributed by atoms with Gasteiger partial charge in [-0.05, 0) is 31.0 Å². The summed E-state index contributed by atoms with van der Waals surface area (Å²) in [7, 11) is 0. The van der Waals surface area contributed by atoms with Gasteiger partial charge in [-0.25, -0.2) is 0 Å². The molecular weight excluding hydrogens is 268 g/mol. The first kappa shape index (κ1) is 15.2. The van der Waals surface area contributed by atoms with Crippen LogP contribution in [-0.2, 0) is 9.59 Å². The molecule has 112 valence electrons. The molecule has 5 nitrogen and oxygen atoms in total. The molecule has 0 bridgehead atoms. The lowest BCUT2D eigenvalue weighted by Gasteiger charge is -2.26. The van der Waals surface area contributed by atoms with Gasteiger partial charge in [0.1, 0.15) is 0 Å². The van der Waals surface area contributed by atoms with Crippen LogP contribution in [0.4, 0.5) is 0 Å². The second-order valence-corrected chi connectivity index (χ2v) is 5.39. The summed E-state index contributed by atoms with van der Waals surface area (Å²) in [5, 5.41) is 2.67. The van der Waals surface area contributed by atoms with E-state index in [-0.39, 0.29) is 37.0 Å². The van der Waals surface area contributed by atoms with Crippen LogP contribution in [-0.4, -0.2) is 42.1 Å². The minimum atomic E-state index is -0.143. The molecule has 0 aromatic heterocycles. The minimum Gasteiger partial charge on any atom is -0.353 e. The van der Waals surface area contributed by atoms with E-state index in [1.807, 2.05) is 26.0 Å². The monoisotopic (exact) mass is 288 g/mol. The summed E-state index contributed by atoms with van der Waals surface area (Å²) in [5.74, 6) is -0.315. The molecule has 0 saturated carbocycles.